The number of anilines is 1. The van der Waals surface area contributed by atoms with Gasteiger partial charge in [-0.1, -0.05) is 54.1 Å². The summed E-state index contributed by atoms with van der Waals surface area (Å²) in [5.74, 6) is -0.205. The third-order valence-electron chi connectivity index (χ3n) is 4.28. The van der Waals surface area contributed by atoms with Gasteiger partial charge in [-0.25, -0.2) is 18.4 Å². The highest BCUT2D eigenvalue weighted by molar-refractivity contribution is 7.92. The van der Waals surface area contributed by atoms with Crippen molar-refractivity contribution in [2.24, 2.45) is 0 Å². The summed E-state index contributed by atoms with van der Waals surface area (Å²) in [7, 11) is -3.89. The highest BCUT2D eigenvalue weighted by atomic mass is 32.2. The lowest BCUT2D eigenvalue weighted by molar-refractivity contribution is -0.141. The zero-order chi connectivity index (χ0) is 23.0. The third-order valence-corrected chi connectivity index (χ3v) is 5.63. The number of carbonyl (C=O) groups excluding carboxylic acids is 1. The number of nitrogens with one attached hydrogen (secondary N) is 1. The summed E-state index contributed by atoms with van der Waals surface area (Å²) < 4.78 is 38.8. The van der Waals surface area contributed by atoms with Gasteiger partial charge < -0.3 is 9.47 Å². The van der Waals surface area contributed by atoms with E-state index in [0.717, 1.165) is 11.1 Å². The molecule has 2 aromatic carbocycles. The Bertz CT molecular complexity index is 1190. The topological polar surface area (TPSA) is 107 Å². The van der Waals surface area contributed by atoms with E-state index in [-0.39, 0.29) is 29.8 Å². The molecule has 166 valence electrons. The van der Waals surface area contributed by atoms with Crippen LogP contribution in [0.1, 0.15) is 23.6 Å². The second-order valence-corrected chi connectivity index (χ2v) is 8.47. The molecule has 0 bridgehead atoms. The van der Waals surface area contributed by atoms with Gasteiger partial charge in [0.15, 0.2) is 5.82 Å². The zero-order valence-electron chi connectivity index (χ0n) is 17.7. The van der Waals surface area contributed by atoms with Gasteiger partial charge in [-0.2, -0.15) is 0 Å². The summed E-state index contributed by atoms with van der Waals surface area (Å²) in [6, 6.07) is 16.0. The Hall–Kier alpha value is -3.72. The molecule has 0 saturated heterocycles. The quantitative estimate of drug-likeness (QED) is 0.389. The maximum Gasteiger partial charge on any atom is 0.302 e. The van der Waals surface area contributed by atoms with Crippen LogP contribution in [0.15, 0.2) is 65.8 Å². The van der Waals surface area contributed by atoms with Crippen LogP contribution in [0, 0.1) is 6.92 Å². The minimum atomic E-state index is -3.89. The molecule has 3 rings (SSSR count). The smallest absolute Gasteiger partial charge is 0.302 e. The minimum Gasteiger partial charge on any atom is -0.473 e. The van der Waals surface area contributed by atoms with Gasteiger partial charge in [0.05, 0.1) is 10.5 Å². The molecular weight excluding hydrogens is 430 g/mol. The van der Waals surface area contributed by atoms with Gasteiger partial charge in [-0.3, -0.25) is 9.52 Å². The lowest BCUT2D eigenvalue weighted by atomic mass is 10.2. The molecule has 0 unspecified atom stereocenters. The maximum atomic E-state index is 12.9. The first kappa shape index (κ1) is 23.0. The molecule has 3 aromatic rings. The number of nitrogens with zero attached hydrogens (tertiary/aromatic N) is 2. The monoisotopic (exact) mass is 453 g/mol. The van der Waals surface area contributed by atoms with Crippen LogP contribution in [0.4, 0.5) is 5.82 Å². The van der Waals surface area contributed by atoms with Gasteiger partial charge >= 0.3 is 5.97 Å². The number of carbonyl (C=O) groups is 1. The number of sulfonamides is 1. The van der Waals surface area contributed by atoms with Crippen molar-refractivity contribution in [3.63, 3.8) is 0 Å². The summed E-state index contributed by atoms with van der Waals surface area (Å²) in [6.45, 7) is 3.26. The van der Waals surface area contributed by atoms with E-state index in [4.69, 9.17) is 9.47 Å². The maximum absolute atomic E-state index is 12.9. The lowest BCUT2D eigenvalue weighted by Gasteiger charge is -2.13. The Morgan fingerprint density at radius 3 is 2.41 bits per heavy atom. The van der Waals surface area contributed by atoms with Crippen LogP contribution in [0.2, 0.25) is 0 Å². The predicted molar refractivity (Wildman–Crippen MR) is 122 cm³/mol. The number of esters is 1. The summed E-state index contributed by atoms with van der Waals surface area (Å²) in [5.41, 5.74) is 2.19. The van der Waals surface area contributed by atoms with Crippen LogP contribution in [0.5, 0.6) is 5.88 Å². The minimum absolute atomic E-state index is 0.0333. The van der Waals surface area contributed by atoms with E-state index >= 15 is 0 Å². The van der Waals surface area contributed by atoms with Crippen molar-refractivity contribution >= 4 is 34.0 Å². The second-order valence-electron chi connectivity index (χ2n) is 6.79. The molecule has 1 N–H and O–H groups in total. The standard InChI is InChI=1S/C23H23N3O5S/c1-17-8-11-20(12-9-17)32(28,29)26-22-21(13-10-19-6-4-3-5-7-19)23(25-16-24-22)31-15-14-30-18(2)27/h3-13,16H,14-15H2,1-2H3,(H,24,25,26). The normalized spacial score (nSPS) is 11.3. The fraction of sp³-hybridized carbons (Fsp3) is 0.174. The third kappa shape index (κ3) is 6.39. The van der Waals surface area contributed by atoms with Gasteiger partial charge in [-0.15, -0.1) is 0 Å². The van der Waals surface area contributed by atoms with Crippen LogP contribution >= 0.6 is 0 Å². The van der Waals surface area contributed by atoms with Gasteiger partial charge in [0, 0.05) is 6.92 Å². The molecule has 1 heterocycles. The number of hydrogen-bond donors (Lipinski definition) is 1. The first-order chi connectivity index (χ1) is 15.3. The summed E-state index contributed by atoms with van der Waals surface area (Å²) in [4.78, 5) is 19.3. The van der Waals surface area contributed by atoms with E-state index in [1.165, 1.54) is 25.4 Å². The first-order valence-corrected chi connectivity index (χ1v) is 11.3. The summed E-state index contributed by atoms with van der Waals surface area (Å²) >= 11 is 0. The summed E-state index contributed by atoms with van der Waals surface area (Å²) in [6.07, 6.45) is 4.67. The Kier molecular flexibility index (Phi) is 7.56. The zero-order valence-corrected chi connectivity index (χ0v) is 18.5. The molecule has 0 aliphatic carbocycles. The van der Waals surface area contributed by atoms with Gasteiger partial charge in [0.2, 0.25) is 5.88 Å². The molecule has 0 spiro atoms. The largest absolute Gasteiger partial charge is 0.473 e. The van der Waals surface area contributed by atoms with Gasteiger partial charge in [0.1, 0.15) is 19.5 Å². The SMILES string of the molecule is CC(=O)OCCOc1ncnc(NS(=O)(=O)c2ccc(C)cc2)c1C=Cc1ccccc1. The molecule has 0 radical (unpaired) electrons. The van der Waals surface area contributed by atoms with E-state index in [9.17, 15) is 13.2 Å². The van der Waals surface area contributed by atoms with Crippen LogP contribution in [-0.4, -0.2) is 37.6 Å². The van der Waals surface area contributed by atoms with Gasteiger partial charge in [0.25, 0.3) is 10.0 Å². The Balaban J connectivity index is 1.93. The van der Waals surface area contributed by atoms with E-state index < -0.39 is 16.0 Å². The van der Waals surface area contributed by atoms with Crippen LogP contribution in [0.25, 0.3) is 12.2 Å². The molecular formula is C23H23N3O5S. The van der Waals surface area contributed by atoms with E-state index in [1.54, 1.807) is 24.3 Å². The Labute approximate surface area is 187 Å². The van der Waals surface area contributed by atoms with Crippen molar-refractivity contribution in [1.82, 2.24) is 9.97 Å². The number of benzene rings is 2. The molecule has 9 heteroatoms. The van der Waals surface area contributed by atoms with Crippen molar-refractivity contribution in [3.8, 4) is 5.88 Å². The van der Waals surface area contributed by atoms with Crippen molar-refractivity contribution in [2.75, 3.05) is 17.9 Å². The lowest BCUT2D eigenvalue weighted by Crippen LogP contribution is -2.16. The number of aromatic nitrogens is 2. The molecule has 0 aliphatic heterocycles. The van der Waals surface area contributed by atoms with Crippen LogP contribution < -0.4 is 9.46 Å². The molecule has 0 aliphatic rings. The van der Waals surface area contributed by atoms with Crippen LogP contribution in [-0.2, 0) is 19.6 Å². The molecule has 0 saturated carbocycles. The highest BCUT2D eigenvalue weighted by Crippen LogP contribution is 2.27. The number of rotatable bonds is 9. The molecule has 32 heavy (non-hydrogen) atoms. The Morgan fingerprint density at radius 2 is 1.72 bits per heavy atom. The number of ether oxygens (including phenoxy) is 2. The van der Waals surface area contributed by atoms with E-state index in [1.807, 2.05) is 37.3 Å². The number of aryl methyl sites for hydroxylation is 1. The summed E-state index contributed by atoms with van der Waals surface area (Å²) in [5, 5.41) is 0. The second kappa shape index (κ2) is 10.5. The molecule has 8 nitrogen and oxygen atoms in total. The van der Waals surface area contributed by atoms with Crippen molar-refractivity contribution < 1.29 is 22.7 Å². The first-order valence-electron chi connectivity index (χ1n) is 9.79. The van der Waals surface area contributed by atoms with Crippen molar-refractivity contribution in [3.05, 3.63) is 77.6 Å². The fourth-order valence-electron chi connectivity index (χ4n) is 2.70. The van der Waals surface area contributed by atoms with Crippen LogP contribution in [0.3, 0.4) is 0 Å². The predicted octanol–water partition coefficient (Wildman–Crippen LogP) is 3.70. The number of hydrogen-bond acceptors (Lipinski definition) is 7. The highest BCUT2D eigenvalue weighted by Gasteiger charge is 2.19. The fourth-order valence-corrected chi connectivity index (χ4v) is 3.73. The molecule has 0 atom stereocenters. The van der Waals surface area contributed by atoms with E-state index in [0.29, 0.717) is 5.56 Å². The van der Waals surface area contributed by atoms with Crippen molar-refractivity contribution in [1.29, 1.82) is 0 Å². The molecule has 1 aromatic heterocycles. The van der Waals surface area contributed by atoms with E-state index in [2.05, 4.69) is 14.7 Å². The Morgan fingerprint density at radius 1 is 1.00 bits per heavy atom. The molecule has 0 amide bonds. The average molecular weight is 454 g/mol. The molecule has 0 fully saturated rings. The average Bonchev–Trinajstić information content (AvgIpc) is 2.77. The van der Waals surface area contributed by atoms with Gasteiger partial charge in [-0.05, 0) is 30.7 Å². The van der Waals surface area contributed by atoms with Crippen molar-refractivity contribution in [2.45, 2.75) is 18.7 Å².